The van der Waals surface area contributed by atoms with Crippen molar-refractivity contribution in [3.63, 3.8) is 0 Å². The van der Waals surface area contributed by atoms with Gasteiger partial charge >= 0.3 is 0 Å². The third kappa shape index (κ3) is 2.81. The lowest BCUT2D eigenvalue weighted by molar-refractivity contribution is -0.118. The molecule has 0 bridgehead atoms. The van der Waals surface area contributed by atoms with Crippen molar-refractivity contribution in [3.8, 4) is 11.5 Å². The molecule has 0 radical (unpaired) electrons. The molecule has 112 valence electrons. The van der Waals surface area contributed by atoms with Crippen molar-refractivity contribution >= 4 is 23.7 Å². The molecule has 0 saturated carbocycles. The van der Waals surface area contributed by atoms with E-state index in [2.05, 4.69) is 5.32 Å². The van der Waals surface area contributed by atoms with Gasteiger partial charge in [-0.15, -0.1) is 0 Å². The highest BCUT2D eigenvalue weighted by atomic mass is 16.5. The number of hydrogen-bond acceptors (Lipinski definition) is 3. The highest BCUT2D eigenvalue weighted by Gasteiger charge is 2.18. The van der Waals surface area contributed by atoms with E-state index in [4.69, 9.17) is 4.74 Å². The maximum atomic E-state index is 11.4. The Balaban J connectivity index is 1.90. The molecule has 1 aliphatic rings. The Morgan fingerprint density at radius 2 is 1.82 bits per heavy atom. The SMILES string of the molecule is Cc1cc(C=Cc2cc(C)c3c(c2)NC(=O)CO3)ccc1O. The molecule has 2 aromatic rings. The molecular weight excluding hydrogens is 278 g/mol. The van der Waals surface area contributed by atoms with Gasteiger partial charge in [0.15, 0.2) is 6.61 Å². The van der Waals surface area contributed by atoms with Crippen molar-refractivity contribution in [2.45, 2.75) is 13.8 Å². The third-order valence-electron chi connectivity index (χ3n) is 3.61. The first-order chi connectivity index (χ1) is 10.5. The molecule has 3 rings (SSSR count). The lowest BCUT2D eigenvalue weighted by atomic mass is 10.1. The fourth-order valence-corrected chi connectivity index (χ4v) is 2.48. The molecule has 22 heavy (non-hydrogen) atoms. The van der Waals surface area contributed by atoms with Crippen LogP contribution in [0.2, 0.25) is 0 Å². The Morgan fingerprint density at radius 3 is 2.59 bits per heavy atom. The number of nitrogens with one attached hydrogen (secondary N) is 1. The number of carbonyl (C=O) groups is 1. The van der Waals surface area contributed by atoms with Gasteiger partial charge in [-0.25, -0.2) is 0 Å². The van der Waals surface area contributed by atoms with Crippen LogP contribution in [0.3, 0.4) is 0 Å². The van der Waals surface area contributed by atoms with Gasteiger partial charge in [-0.05, 0) is 60.4 Å². The first kappa shape index (κ1) is 14.2. The van der Waals surface area contributed by atoms with Crippen molar-refractivity contribution < 1.29 is 14.6 Å². The van der Waals surface area contributed by atoms with Crippen LogP contribution in [0.4, 0.5) is 5.69 Å². The first-order valence-corrected chi connectivity index (χ1v) is 7.08. The maximum absolute atomic E-state index is 11.4. The molecule has 0 saturated heterocycles. The number of aromatic hydroxyl groups is 1. The Morgan fingerprint density at radius 1 is 1.09 bits per heavy atom. The standard InChI is InChI=1S/C18H17NO3/c1-11-7-13(5-6-16(11)20)3-4-14-8-12(2)18-15(9-14)19-17(21)10-22-18/h3-9,20H,10H2,1-2H3,(H,19,21). The average Bonchev–Trinajstić information content (AvgIpc) is 2.48. The van der Waals surface area contributed by atoms with E-state index in [0.717, 1.165) is 28.0 Å². The summed E-state index contributed by atoms with van der Waals surface area (Å²) < 4.78 is 5.45. The Labute approximate surface area is 129 Å². The highest BCUT2D eigenvalue weighted by molar-refractivity contribution is 5.96. The number of hydrogen-bond donors (Lipinski definition) is 2. The van der Waals surface area contributed by atoms with E-state index in [0.29, 0.717) is 11.4 Å². The molecule has 1 aliphatic heterocycles. The summed E-state index contributed by atoms with van der Waals surface area (Å²) in [6.07, 6.45) is 3.94. The Kier molecular flexibility index (Phi) is 3.59. The predicted octanol–water partition coefficient (Wildman–Crippen LogP) is 3.51. The molecule has 0 unspecified atom stereocenters. The fourth-order valence-electron chi connectivity index (χ4n) is 2.48. The minimum Gasteiger partial charge on any atom is -0.508 e. The molecule has 0 aliphatic carbocycles. The molecule has 4 heteroatoms. The van der Waals surface area contributed by atoms with E-state index >= 15 is 0 Å². The van der Waals surface area contributed by atoms with Crippen molar-refractivity contribution in [2.75, 3.05) is 11.9 Å². The molecule has 0 spiro atoms. The highest BCUT2D eigenvalue weighted by Crippen LogP contribution is 2.33. The molecule has 0 fully saturated rings. The van der Waals surface area contributed by atoms with Crippen LogP contribution in [-0.2, 0) is 4.79 Å². The smallest absolute Gasteiger partial charge is 0.262 e. The Bertz CT molecular complexity index is 778. The summed E-state index contributed by atoms with van der Waals surface area (Å²) in [5, 5.41) is 12.4. The van der Waals surface area contributed by atoms with Crippen LogP contribution in [0, 0.1) is 13.8 Å². The number of carbonyl (C=O) groups excluding carboxylic acids is 1. The molecule has 2 N–H and O–H groups in total. The van der Waals surface area contributed by atoms with Crippen LogP contribution in [-0.4, -0.2) is 17.6 Å². The summed E-state index contributed by atoms with van der Waals surface area (Å²) in [5.74, 6) is 0.890. The van der Waals surface area contributed by atoms with Crippen molar-refractivity contribution in [1.29, 1.82) is 0 Å². The maximum Gasteiger partial charge on any atom is 0.262 e. The van der Waals surface area contributed by atoms with Crippen LogP contribution in [0.15, 0.2) is 30.3 Å². The van der Waals surface area contributed by atoms with Crippen molar-refractivity contribution in [1.82, 2.24) is 0 Å². The molecular formula is C18H17NO3. The number of phenols is 1. The van der Waals surface area contributed by atoms with E-state index < -0.39 is 0 Å². The first-order valence-electron chi connectivity index (χ1n) is 7.08. The number of ether oxygens (including phenoxy) is 1. The van der Waals surface area contributed by atoms with E-state index in [1.165, 1.54) is 0 Å². The second kappa shape index (κ2) is 5.56. The van der Waals surface area contributed by atoms with Crippen LogP contribution in [0.1, 0.15) is 22.3 Å². The molecule has 2 aromatic carbocycles. The number of amides is 1. The quantitative estimate of drug-likeness (QED) is 0.834. The number of benzene rings is 2. The zero-order valence-corrected chi connectivity index (χ0v) is 12.5. The zero-order chi connectivity index (χ0) is 15.7. The summed E-state index contributed by atoms with van der Waals surface area (Å²) in [6.45, 7) is 3.89. The van der Waals surface area contributed by atoms with Gasteiger partial charge in [0.05, 0.1) is 5.69 Å². The summed E-state index contributed by atoms with van der Waals surface area (Å²) in [4.78, 5) is 11.4. The van der Waals surface area contributed by atoms with Crippen molar-refractivity contribution in [3.05, 3.63) is 52.6 Å². The van der Waals surface area contributed by atoms with Gasteiger partial charge in [-0.2, -0.15) is 0 Å². The monoisotopic (exact) mass is 295 g/mol. The zero-order valence-electron chi connectivity index (χ0n) is 12.5. The third-order valence-corrected chi connectivity index (χ3v) is 3.61. The van der Waals surface area contributed by atoms with Crippen LogP contribution >= 0.6 is 0 Å². The van der Waals surface area contributed by atoms with Crippen molar-refractivity contribution in [2.24, 2.45) is 0 Å². The van der Waals surface area contributed by atoms with Gasteiger partial charge in [-0.1, -0.05) is 18.2 Å². The Hall–Kier alpha value is -2.75. The molecule has 1 heterocycles. The largest absolute Gasteiger partial charge is 0.508 e. The van der Waals surface area contributed by atoms with Gasteiger partial charge in [0.1, 0.15) is 11.5 Å². The molecule has 0 atom stereocenters. The van der Waals surface area contributed by atoms with E-state index in [1.807, 2.05) is 50.3 Å². The lowest BCUT2D eigenvalue weighted by Crippen LogP contribution is -2.25. The molecule has 1 amide bonds. The van der Waals surface area contributed by atoms with E-state index in [1.54, 1.807) is 6.07 Å². The summed E-state index contributed by atoms with van der Waals surface area (Å²) >= 11 is 0. The lowest BCUT2D eigenvalue weighted by Gasteiger charge is -2.20. The van der Waals surface area contributed by atoms with Gasteiger partial charge in [0.2, 0.25) is 0 Å². The van der Waals surface area contributed by atoms with Gasteiger partial charge < -0.3 is 15.2 Å². The summed E-state index contributed by atoms with van der Waals surface area (Å²) in [5.41, 5.74) is 4.51. The van der Waals surface area contributed by atoms with E-state index in [9.17, 15) is 9.90 Å². The molecule has 4 nitrogen and oxygen atoms in total. The number of aryl methyl sites for hydroxylation is 2. The van der Waals surface area contributed by atoms with Crippen LogP contribution in [0.5, 0.6) is 11.5 Å². The predicted molar refractivity (Wildman–Crippen MR) is 87.1 cm³/mol. The summed E-state index contributed by atoms with van der Waals surface area (Å²) in [6, 6.07) is 9.36. The van der Waals surface area contributed by atoms with Crippen LogP contribution < -0.4 is 10.1 Å². The normalized spacial score (nSPS) is 13.6. The van der Waals surface area contributed by atoms with E-state index in [-0.39, 0.29) is 12.5 Å². The fraction of sp³-hybridized carbons (Fsp3) is 0.167. The number of fused-ring (bicyclic) bond motifs is 1. The topological polar surface area (TPSA) is 58.6 Å². The second-order valence-electron chi connectivity index (χ2n) is 5.43. The number of rotatable bonds is 2. The average molecular weight is 295 g/mol. The minimum absolute atomic E-state index is 0.0653. The minimum atomic E-state index is -0.137. The summed E-state index contributed by atoms with van der Waals surface area (Å²) in [7, 11) is 0. The van der Waals surface area contributed by atoms with Crippen LogP contribution in [0.25, 0.3) is 12.2 Å². The molecule has 0 aromatic heterocycles. The second-order valence-corrected chi connectivity index (χ2v) is 5.43. The van der Waals surface area contributed by atoms with Gasteiger partial charge in [0.25, 0.3) is 5.91 Å². The van der Waals surface area contributed by atoms with Gasteiger partial charge in [-0.3, -0.25) is 4.79 Å². The number of phenolic OH excluding ortho intramolecular Hbond substituents is 1. The van der Waals surface area contributed by atoms with Gasteiger partial charge in [0, 0.05) is 0 Å². The number of anilines is 1.